The van der Waals surface area contributed by atoms with Crippen molar-refractivity contribution in [3.8, 4) is 0 Å². The molecule has 1 fully saturated rings. The molecule has 78 valence electrons. The molecule has 0 spiro atoms. The first-order chi connectivity index (χ1) is 6.74. The van der Waals surface area contributed by atoms with E-state index in [1.165, 1.54) is 12.8 Å². The summed E-state index contributed by atoms with van der Waals surface area (Å²) in [6.07, 6.45) is 4.60. The molecule has 1 aliphatic carbocycles. The van der Waals surface area contributed by atoms with E-state index in [2.05, 4.69) is 15.7 Å². The Morgan fingerprint density at radius 3 is 2.71 bits per heavy atom. The maximum absolute atomic E-state index is 6.05. The summed E-state index contributed by atoms with van der Waals surface area (Å²) in [6.45, 7) is 2.03. The van der Waals surface area contributed by atoms with Crippen LogP contribution in [0.2, 0.25) is 0 Å². The van der Waals surface area contributed by atoms with Crippen molar-refractivity contribution in [1.29, 1.82) is 0 Å². The molecule has 0 aromatic carbocycles. The van der Waals surface area contributed by atoms with Crippen LogP contribution in [0.15, 0.2) is 5.38 Å². The molecular formula is C10H15ClN2S. The van der Waals surface area contributed by atoms with E-state index in [0.29, 0.717) is 11.4 Å². The van der Waals surface area contributed by atoms with Gasteiger partial charge in [-0.05, 0) is 32.6 Å². The third-order valence-electron chi connectivity index (χ3n) is 2.60. The summed E-state index contributed by atoms with van der Waals surface area (Å²) in [5.41, 5.74) is 1.10. The van der Waals surface area contributed by atoms with Crippen molar-refractivity contribution < 1.29 is 0 Å². The predicted molar refractivity (Wildman–Crippen MR) is 62.4 cm³/mol. The number of alkyl halides is 1. The lowest BCUT2D eigenvalue weighted by molar-refractivity contribution is 0.468. The summed E-state index contributed by atoms with van der Waals surface area (Å²) in [5, 5.41) is 7.00. The average molecular weight is 231 g/mol. The molecule has 0 radical (unpaired) electrons. The molecule has 4 heteroatoms. The number of aromatic nitrogens is 1. The minimum absolute atomic E-state index is 0.395. The van der Waals surface area contributed by atoms with Gasteiger partial charge in [0.2, 0.25) is 0 Å². The summed E-state index contributed by atoms with van der Waals surface area (Å²) < 4.78 is 0. The molecule has 2 rings (SSSR count). The first kappa shape index (κ1) is 10.2. The van der Waals surface area contributed by atoms with Gasteiger partial charge in [-0.2, -0.15) is 0 Å². The van der Waals surface area contributed by atoms with Crippen LogP contribution in [0.3, 0.4) is 0 Å². The molecule has 1 N–H and O–H groups in total. The number of hydrogen-bond donors (Lipinski definition) is 1. The molecule has 2 nitrogen and oxygen atoms in total. The van der Waals surface area contributed by atoms with Gasteiger partial charge >= 0.3 is 0 Å². The highest BCUT2D eigenvalue weighted by Crippen LogP contribution is 2.26. The summed E-state index contributed by atoms with van der Waals surface area (Å²) in [6, 6.07) is 0.579. The Kier molecular flexibility index (Phi) is 3.29. The number of aryl methyl sites for hydroxylation is 1. The Balaban J connectivity index is 1.86. The van der Waals surface area contributed by atoms with Gasteiger partial charge in [-0.1, -0.05) is 0 Å². The topological polar surface area (TPSA) is 24.9 Å². The Morgan fingerprint density at radius 2 is 2.14 bits per heavy atom. The molecule has 1 aromatic rings. The number of thiazole rings is 1. The van der Waals surface area contributed by atoms with E-state index in [-0.39, 0.29) is 0 Å². The Morgan fingerprint density at radius 1 is 1.43 bits per heavy atom. The van der Waals surface area contributed by atoms with Crippen LogP contribution >= 0.6 is 22.9 Å². The standard InChI is InChI=1S/C10H15ClN2S/c1-7-6-14-10(12-7)13-9-4-2-8(11)3-5-9/h6,8-9H,2-5H2,1H3,(H,12,13). The second kappa shape index (κ2) is 4.49. The van der Waals surface area contributed by atoms with Crippen LogP contribution in [0, 0.1) is 6.92 Å². The van der Waals surface area contributed by atoms with Crippen molar-refractivity contribution >= 4 is 28.1 Å². The molecule has 0 unspecified atom stereocenters. The number of halogens is 1. The summed E-state index contributed by atoms with van der Waals surface area (Å²) in [5.74, 6) is 0. The van der Waals surface area contributed by atoms with E-state index >= 15 is 0 Å². The SMILES string of the molecule is Cc1csc(NC2CCC(Cl)CC2)n1. The highest BCUT2D eigenvalue weighted by Gasteiger charge is 2.19. The smallest absolute Gasteiger partial charge is 0.183 e. The number of nitrogens with zero attached hydrogens (tertiary/aromatic N) is 1. The van der Waals surface area contributed by atoms with Crippen LogP contribution in [0.25, 0.3) is 0 Å². The highest BCUT2D eigenvalue weighted by atomic mass is 35.5. The molecular weight excluding hydrogens is 216 g/mol. The van der Waals surface area contributed by atoms with E-state index in [9.17, 15) is 0 Å². The molecule has 0 aliphatic heterocycles. The monoisotopic (exact) mass is 230 g/mol. The fourth-order valence-electron chi connectivity index (χ4n) is 1.79. The quantitative estimate of drug-likeness (QED) is 0.788. The Labute approximate surface area is 93.7 Å². The minimum atomic E-state index is 0.395. The molecule has 0 amide bonds. The van der Waals surface area contributed by atoms with Crippen molar-refractivity contribution in [2.75, 3.05) is 5.32 Å². The van der Waals surface area contributed by atoms with Crippen LogP contribution in [-0.4, -0.2) is 16.4 Å². The van der Waals surface area contributed by atoms with E-state index in [1.54, 1.807) is 11.3 Å². The first-order valence-electron chi connectivity index (χ1n) is 5.07. The van der Waals surface area contributed by atoms with E-state index in [0.717, 1.165) is 23.7 Å². The highest BCUT2D eigenvalue weighted by molar-refractivity contribution is 7.13. The molecule has 1 aliphatic rings. The zero-order chi connectivity index (χ0) is 9.97. The molecule has 14 heavy (non-hydrogen) atoms. The number of hydrogen-bond acceptors (Lipinski definition) is 3. The Hall–Kier alpha value is -0.280. The number of anilines is 1. The van der Waals surface area contributed by atoms with Gasteiger partial charge in [-0.25, -0.2) is 4.98 Å². The second-order valence-electron chi connectivity index (χ2n) is 3.89. The van der Waals surface area contributed by atoms with Crippen molar-refractivity contribution in [2.45, 2.75) is 44.0 Å². The summed E-state index contributed by atoms with van der Waals surface area (Å²) in [7, 11) is 0. The molecule has 1 saturated carbocycles. The average Bonchev–Trinajstić information content (AvgIpc) is 2.56. The Bertz CT molecular complexity index is 292. The van der Waals surface area contributed by atoms with Crippen LogP contribution in [0.1, 0.15) is 31.4 Å². The van der Waals surface area contributed by atoms with Gasteiger partial charge in [0.15, 0.2) is 5.13 Å². The fraction of sp³-hybridized carbons (Fsp3) is 0.700. The lowest BCUT2D eigenvalue weighted by Gasteiger charge is -2.25. The van der Waals surface area contributed by atoms with Crippen LogP contribution in [-0.2, 0) is 0 Å². The van der Waals surface area contributed by atoms with Gasteiger partial charge in [0.05, 0.1) is 5.69 Å². The van der Waals surface area contributed by atoms with Crippen molar-refractivity contribution in [1.82, 2.24) is 4.98 Å². The zero-order valence-electron chi connectivity index (χ0n) is 8.29. The molecule has 1 heterocycles. The second-order valence-corrected chi connectivity index (χ2v) is 5.36. The third kappa shape index (κ3) is 2.61. The van der Waals surface area contributed by atoms with Crippen LogP contribution < -0.4 is 5.32 Å². The lowest BCUT2D eigenvalue weighted by Crippen LogP contribution is -2.26. The van der Waals surface area contributed by atoms with Gasteiger partial charge in [0.25, 0.3) is 0 Å². The first-order valence-corrected chi connectivity index (χ1v) is 6.38. The molecule has 1 aromatic heterocycles. The molecule has 0 bridgehead atoms. The van der Waals surface area contributed by atoms with Gasteiger partial charge in [0, 0.05) is 16.8 Å². The third-order valence-corrected chi connectivity index (χ3v) is 3.93. The predicted octanol–water partition coefficient (Wildman–Crippen LogP) is 3.41. The number of nitrogens with one attached hydrogen (secondary N) is 1. The van der Waals surface area contributed by atoms with E-state index in [1.807, 2.05) is 6.92 Å². The minimum Gasteiger partial charge on any atom is -0.359 e. The van der Waals surface area contributed by atoms with Gasteiger partial charge in [-0.15, -0.1) is 22.9 Å². The van der Waals surface area contributed by atoms with E-state index < -0.39 is 0 Å². The fourth-order valence-corrected chi connectivity index (χ4v) is 2.81. The van der Waals surface area contributed by atoms with Crippen molar-refractivity contribution in [3.05, 3.63) is 11.1 Å². The largest absolute Gasteiger partial charge is 0.359 e. The maximum Gasteiger partial charge on any atom is 0.183 e. The van der Waals surface area contributed by atoms with E-state index in [4.69, 9.17) is 11.6 Å². The van der Waals surface area contributed by atoms with Crippen molar-refractivity contribution in [3.63, 3.8) is 0 Å². The van der Waals surface area contributed by atoms with Gasteiger partial charge in [-0.3, -0.25) is 0 Å². The lowest BCUT2D eigenvalue weighted by atomic mass is 9.95. The number of rotatable bonds is 2. The van der Waals surface area contributed by atoms with Crippen LogP contribution in [0.5, 0.6) is 0 Å². The molecule has 0 atom stereocenters. The van der Waals surface area contributed by atoms with Gasteiger partial charge < -0.3 is 5.32 Å². The summed E-state index contributed by atoms with van der Waals surface area (Å²) in [4.78, 5) is 4.40. The maximum atomic E-state index is 6.05. The normalized spacial score (nSPS) is 27.6. The molecule has 0 saturated heterocycles. The van der Waals surface area contributed by atoms with Crippen molar-refractivity contribution in [2.24, 2.45) is 0 Å². The summed E-state index contributed by atoms with van der Waals surface area (Å²) >= 11 is 7.74. The van der Waals surface area contributed by atoms with Crippen LogP contribution in [0.4, 0.5) is 5.13 Å². The zero-order valence-corrected chi connectivity index (χ0v) is 9.87. The van der Waals surface area contributed by atoms with Gasteiger partial charge in [0.1, 0.15) is 0 Å².